The molecule has 0 N–H and O–H groups in total. The summed E-state index contributed by atoms with van der Waals surface area (Å²) in [5, 5.41) is 0. The van der Waals surface area contributed by atoms with Gasteiger partial charge in [-0.25, -0.2) is 26.7 Å². The molecule has 2 rings (SSSR count). The number of nitrogens with zero attached hydrogens (tertiary/aromatic N) is 1. The van der Waals surface area contributed by atoms with Gasteiger partial charge in [-0.1, -0.05) is 64.7 Å². The fourth-order valence-electron chi connectivity index (χ4n) is 4.05. The second-order valence-electron chi connectivity index (χ2n) is 8.45. The number of benzene rings is 1. The fourth-order valence-corrected chi connectivity index (χ4v) is 4.05. The monoisotopic (exact) mass is 477 g/mol. The maximum atomic E-state index is 14.0. The molecule has 0 radical (unpaired) electrons. The van der Waals surface area contributed by atoms with Crippen molar-refractivity contribution < 1.29 is 36.3 Å². The van der Waals surface area contributed by atoms with Gasteiger partial charge in [0.25, 0.3) is 5.91 Å². The van der Waals surface area contributed by atoms with E-state index in [1.807, 2.05) is 0 Å². The minimum absolute atomic E-state index is 0.0453. The van der Waals surface area contributed by atoms with Crippen molar-refractivity contribution in [3.8, 4) is 0 Å². The van der Waals surface area contributed by atoms with Crippen LogP contribution in [0.25, 0.3) is 0 Å². The standard InChI is InChI=1S/C24H32F5NO3/c1-2-3-4-5-6-7-8-9-10-11-15-33-24(32)16-13-12-14-30(16)23(31)17-18(25)20(27)22(29)21(28)19(17)26/h16H,2-15H2,1H3. The molecule has 186 valence electrons. The van der Waals surface area contributed by atoms with Crippen molar-refractivity contribution in [2.45, 2.75) is 90.0 Å². The van der Waals surface area contributed by atoms with Gasteiger partial charge in [0.1, 0.15) is 11.6 Å². The average molecular weight is 478 g/mol. The molecule has 1 heterocycles. The maximum absolute atomic E-state index is 14.0. The number of hydrogen-bond acceptors (Lipinski definition) is 3. The SMILES string of the molecule is CCCCCCCCCCCCOC(=O)C1CCCN1C(=O)c1c(F)c(F)c(F)c(F)c1F. The van der Waals surface area contributed by atoms with Crippen molar-refractivity contribution in [1.82, 2.24) is 4.90 Å². The van der Waals surface area contributed by atoms with Gasteiger partial charge in [0, 0.05) is 6.54 Å². The van der Waals surface area contributed by atoms with Crippen LogP contribution in [0.5, 0.6) is 0 Å². The van der Waals surface area contributed by atoms with Crippen LogP contribution in [0.1, 0.15) is 94.3 Å². The Kier molecular flexibility index (Phi) is 11.1. The lowest BCUT2D eigenvalue weighted by atomic mass is 10.1. The third-order valence-corrected chi connectivity index (χ3v) is 5.95. The topological polar surface area (TPSA) is 46.6 Å². The van der Waals surface area contributed by atoms with E-state index in [2.05, 4.69) is 6.92 Å². The van der Waals surface area contributed by atoms with Crippen LogP contribution in [0.15, 0.2) is 0 Å². The Morgan fingerprint density at radius 3 is 1.82 bits per heavy atom. The molecule has 0 aromatic heterocycles. The number of hydrogen-bond donors (Lipinski definition) is 0. The van der Waals surface area contributed by atoms with Gasteiger partial charge in [-0.3, -0.25) is 4.79 Å². The molecule has 1 aliphatic heterocycles. The van der Waals surface area contributed by atoms with Gasteiger partial charge < -0.3 is 9.64 Å². The van der Waals surface area contributed by atoms with Gasteiger partial charge in [0.15, 0.2) is 23.3 Å². The van der Waals surface area contributed by atoms with E-state index in [0.717, 1.165) is 24.2 Å². The van der Waals surface area contributed by atoms with Gasteiger partial charge in [-0.05, 0) is 19.3 Å². The zero-order valence-electron chi connectivity index (χ0n) is 19.0. The average Bonchev–Trinajstić information content (AvgIpc) is 3.30. The van der Waals surface area contributed by atoms with Crippen molar-refractivity contribution in [2.24, 2.45) is 0 Å². The highest BCUT2D eigenvalue weighted by Gasteiger charge is 2.39. The molecule has 4 nitrogen and oxygen atoms in total. The lowest BCUT2D eigenvalue weighted by Gasteiger charge is -2.24. The zero-order chi connectivity index (χ0) is 24.4. The molecule has 0 saturated carbocycles. The zero-order valence-corrected chi connectivity index (χ0v) is 19.0. The molecular weight excluding hydrogens is 445 g/mol. The molecule has 1 fully saturated rings. The predicted octanol–water partition coefficient (Wildman–Crippen LogP) is 6.45. The maximum Gasteiger partial charge on any atom is 0.328 e. The van der Waals surface area contributed by atoms with Crippen molar-refractivity contribution in [2.75, 3.05) is 13.2 Å². The van der Waals surface area contributed by atoms with E-state index in [1.54, 1.807) is 0 Å². The quantitative estimate of drug-likeness (QED) is 0.108. The molecule has 9 heteroatoms. The molecule has 0 bridgehead atoms. The van der Waals surface area contributed by atoms with Crippen LogP contribution in [-0.4, -0.2) is 36.0 Å². The van der Waals surface area contributed by atoms with Crippen molar-refractivity contribution in [1.29, 1.82) is 0 Å². The minimum atomic E-state index is -2.34. The first kappa shape index (κ1) is 27.1. The number of rotatable bonds is 13. The van der Waals surface area contributed by atoms with E-state index >= 15 is 0 Å². The first-order chi connectivity index (χ1) is 15.8. The van der Waals surface area contributed by atoms with Gasteiger partial charge in [-0.2, -0.15) is 0 Å². The smallest absolute Gasteiger partial charge is 0.328 e. The number of esters is 1. The van der Waals surface area contributed by atoms with E-state index in [4.69, 9.17) is 4.74 Å². The lowest BCUT2D eigenvalue weighted by molar-refractivity contribution is -0.148. The van der Waals surface area contributed by atoms with Crippen LogP contribution in [0.4, 0.5) is 22.0 Å². The highest BCUT2D eigenvalue weighted by atomic mass is 19.2. The Balaban J connectivity index is 1.80. The number of halogens is 5. The summed E-state index contributed by atoms with van der Waals surface area (Å²) in [7, 11) is 0. The summed E-state index contributed by atoms with van der Waals surface area (Å²) < 4.78 is 73.4. The highest BCUT2D eigenvalue weighted by Crippen LogP contribution is 2.28. The third-order valence-electron chi connectivity index (χ3n) is 5.95. The van der Waals surface area contributed by atoms with Crippen LogP contribution >= 0.6 is 0 Å². The Morgan fingerprint density at radius 2 is 1.27 bits per heavy atom. The predicted molar refractivity (Wildman–Crippen MR) is 113 cm³/mol. The second-order valence-corrected chi connectivity index (χ2v) is 8.45. The van der Waals surface area contributed by atoms with Crippen molar-refractivity contribution >= 4 is 11.9 Å². The highest BCUT2D eigenvalue weighted by molar-refractivity contribution is 5.97. The molecule has 1 aliphatic rings. The second kappa shape index (κ2) is 13.5. The van der Waals surface area contributed by atoms with E-state index < -0.39 is 52.6 Å². The van der Waals surface area contributed by atoms with Gasteiger partial charge in [0.05, 0.1) is 6.61 Å². The third kappa shape index (κ3) is 7.14. The number of carbonyl (C=O) groups excluding carboxylic acids is 2. The van der Waals surface area contributed by atoms with Crippen molar-refractivity contribution in [3.63, 3.8) is 0 Å². The Bertz CT molecular complexity index is 789. The normalized spacial score (nSPS) is 15.8. The van der Waals surface area contributed by atoms with Crippen LogP contribution < -0.4 is 0 Å². The molecule has 1 atom stereocenters. The molecule has 1 saturated heterocycles. The molecule has 1 unspecified atom stereocenters. The molecule has 1 amide bonds. The van der Waals surface area contributed by atoms with Crippen molar-refractivity contribution in [3.05, 3.63) is 34.6 Å². The van der Waals surface area contributed by atoms with Crippen LogP contribution in [0.3, 0.4) is 0 Å². The molecule has 0 aliphatic carbocycles. The molecule has 1 aromatic carbocycles. The largest absolute Gasteiger partial charge is 0.464 e. The van der Waals surface area contributed by atoms with Gasteiger partial charge in [0.2, 0.25) is 5.82 Å². The van der Waals surface area contributed by atoms with E-state index in [9.17, 15) is 31.5 Å². The molecular formula is C24H32F5NO3. The molecule has 1 aromatic rings. The Labute approximate surface area is 191 Å². The Hall–Kier alpha value is -2.19. The lowest BCUT2D eigenvalue weighted by Crippen LogP contribution is -2.42. The van der Waals surface area contributed by atoms with Gasteiger partial charge >= 0.3 is 5.97 Å². The van der Waals surface area contributed by atoms with Crippen LogP contribution in [0, 0.1) is 29.1 Å². The number of carbonyl (C=O) groups is 2. The van der Waals surface area contributed by atoms with Gasteiger partial charge in [-0.15, -0.1) is 0 Å². The van der Waals surface area contributed by atoms with E-state index in [0.29, 0.717) is 12.8 Å². The number of likely N-dealkylation sites (tertiary alicyclic amines) is 1. The van der Waals surface area contributed by atoms with Crippen LogP contribution in [0.2, 0.25) is 0 Å². The fraction of sp³-hybridized carbons (Fsp3) is 0.667. The first-order valence-corrected chi connectivity index (χ1v) is 11.8. The summed E-state index contributed by atoms with van der Waals surface area (Å²) in [4.78, 5) is 25.8. The minimum Gasteiger partial charge on any atom is -0.464 e. The number of ether oxygens (including phenoxy) is 1. The summed E-state index contributed by atoms with van der Waals surface area (Å²) in [6.45, 7) is 2.29. The number of unbranched alkanes of at least 4 members (excludes halogenated alkanes) is 9. The summed E-state index contributed by atoms with van der Waals surface area (Å²) in [6, 6.07) is -1.12. The van der Waals surface area contributed by atoms with E-state index in [1.165, 1.54) is 38.5 Å². The summed E-state index contributed by atoms with van der Waals surface area (Å²) in [5.41, 5.74) is -1.55. The van der Waals surface area contributed by atoms with E-state index in [-0.39, 0.29) is 19.6 Å². The molecule has 0 spiro atoms. The Morgan fingerprint density at radius 1 is 0.788 bits per heavy atom. The summed E-state index contributed by atoms with van der Waals surface area (Å²) >= 11 is 0. The molecule has 33 heavy (non-hydrogen) atoms. The summed E-state index contributed by atoms with van der Waals surface area (Å²) in [5.74, 6) is -13.3. The summed E-state index contributed by atoms with van der Waals surface area (Å²) in [6.07, 6.45) is 11.7. The number of amides is 1. The van der Waals surface area contributed by atoms with Crippen LogP contribution in [-0.2, 0) is 9.53 Å². The first-order valence-electron chi connectivity index (χ1n) is 11.8.